The molecule has 0 bridgehead atoms. The molecule has 2 heteroatoms. The van der Waals surface area contributed by atoms with Gasteiger partial charge in [-0.05, 0) is 24.0 Å². The fourth-order valence-electron chi connectivity index (χ4n) is 1.39. The highest BCUT2D eigenvalue weighted by atomic mass is 16.5. The molecule has 1 aromatic rings. The van der Waals surface area contributed by atoms with Gasteiger partial charge in [-0.25, -0.2) is 0 Å². The van der Waals surface area contributed by atoms with E-state index < -0.39 is 0 Å². The summed E-state index contributed by atoms with van der Waals surface area (Å²) in [5, 5.41) is 8.91. The minimum atomic E-state index is 0.877. The zero-order valence-electron chi connectivity index (χ0n) is 7.59. The summed E-state index contributed by atoms with van der Waals surface area (Å²) in [6.45, 7) is 4.16. The van der Waals surface area contributed by atoms with Gasteiger partial charge in [-0.3, -0.25) is 10.7 Å². The second-order valence-corrected chi connectivity index (χ2v) is 2.77. The van der Waals surface area contributed by atoms with Gasteiger partial charge >= 0.3 is 0 Å². The summed E-state index contributed by atoms with van der Waals surface area (Å²) in [5.74, 6) is 0. The monoisotopic (exact) mass is 165 g/mol. The van der Waals surface area contributed by atoms with E-state index in [0.717, 1.165) is 29.7 Å². The predicted octanol–water partition coefficient (Wildman–Crippen LogP) is 2.61. The first-order chi connectivity index (χ1) is 5.83. The molecule has 0 saturated heterocycles. The highest BCUT2D eigenvalue weighted by Crippen LogP contribution is 2.21. The molecule has 0 aromatic heterocycles. The van der Waals surface area contributed by atoms with Crippen LogP contribution in [0.5, 0.6) is 0 Å². The molecular formula is C10H15NO. The Balaban J connectivity index is 3.13. The fraction of sp³-hybridized carbons (Fsp3) is 0.400. The van der Waals surface area contributed by atoms with E-state index in [1.54, 1.807) is 0 Å². The summed E-state index contributed by atoms with van der Waals surface area (Å²) < 4.78 is 0. The van der Waals surface area contributed by atoms with Gasteiger partial charge in [0.2, 0.25) is 0 Å². The number of hydrogen-bond acceptors (Lipinski definition) is 2. The minimum Gasteiger partial charge on any atom is -0.291 e. The van der Waals surface area contributed by atoms with Gasteiger partial charge in [0.15, 0.2) is 0 Å². The number of para-hydroxylation sites is 1. The Bertz CT molecular complexity index is 236. The summed E-state index contributed by atoms with van der Waals surface area (Å²) >= 11 is 0. The SMILES string of the molecule is CCc1cccc(CC)c1NO. The number of rotatable bonds is 3. The summed E-state index contributed by atoms with van der Waals surface area (Å²) in [7, 11) is 0. The lowest BCUT2D eigenvalue weighted by molar-refractivity contribution is 0.387. The molecule has 0 aliphatic rings. The van der Waals surface area contributed by atoms with Crippen LogP contribution < -0.4 is 5.48 Å². The fourth-order valence-corrected chi connectivity index (χ4v) is 1.39. The van der Waals surface area contributed by atoms with E-state index in [2.05, 4.69) is 19.3 Å². The van der Waals surface area contributed by atoms with Crippen LogP contribution >= 0.6 is 0 Å². The highest BCUT2D eigenvalue weighted by Gasteiger charge is 2.03. The van der Waals surface area contributed by atoms with E-state index >= 15 is 0 Å². The van der Waals surface area contributed by atoms with E-state index in [1.807, 2.05) is 18.2 Å². The molecule has 0 aliphatic carbocycles. The number of aryl methyl sites for hydroxylation is 2. The molecule has 0 spiro atoms. The van der Waals surface area contributed by atoms with Crippen LogP contribution in [-0.4, -0.2) is 5.21 Å². The Morgan fingerprint density at radius 2 is 1.67 bits per heavy atom. The lowest BCUT2D eigenvalue weighted by Gasteiger charge is -2.10. The Labute approximate surface area is 73.2 Å². The minimum absolute atomic E-state index is 0.877. The second-order valence-electron chi connectivity index (χ2n) is 2.77. The smallest absolute Gasteiger partial charge is 0.0665 e. The van der Waals surface area contributed by atoms with Crippen LogP contribution in [0.15, 0.2) is 18.2 Å². The maximum Gasteiger partial charge on any atom is 0.0665 e. The van der Waals surface area contributed by atoms with E-state index in [4.69, 9.17) is 5.21 Å². The van der Waals surface area contributed by atoms with Crippen LogP contribution in [-0.2, 0) is 12.8 Å². The van der Waals surface area contributed by atoms with Gasteiger partial charge in [0.25, 0.3) is 0 Å². The molecule has 1 rings (SSSR count). The van der Waals surface area contributed by atoms with Crippen LogP contribution in [0.25, 0.3) is 0 Å². The van der Waals surface area contributed by atoms with Crippen LogP contribution in [0.2, 0.25) is 0 Å². The normalized spacial score (nSPS) is 9.92. The van der Waals surface area contributed by atoms with Crippen LogP contribution in [0.1, 0.15) is 25.0 Å². The Morgan fingerprint density at radius 3 is 2.00 bits per heavy atom. The maximum atomic E-state index is 8.91. The molecule has 1 aromatic carbocycles. The molecule has 0 aliphatic heterocycles. The van der Waals surface area contributed by atoms with Gasteiger partial charge in [0, 0.05) is 0 Å². The molecule has 0 fully saturated rings. The first-order valence-electron chi connectivity index (χ1n) is 4.34. The number of nitrogens with one attached hydrogen (secondary N) is 1. The largest absolute Gasteiger partial charge is 0.291 e. The first kappa shape index (κ1) is 9.07. The molecule has 2 nitrogen and oxygen atoms in total. The summed E-state index contributed by atoms with van der Waals surface area (Å²) in [6.07, 6.45) is 1.88. The Hall–Kier alpha value is -1.02. The molecule has 0 amide bonds. The Morgan fingerprint density at radius 1 is 1.17 bits per heavy atom. The third-order valence-corrected chi connectivity index (χ3v) is 2.11. The van der Waals surface area contributed by atoms with Crippen LogP contribution in [0.3, 0.4) is 0 Å². The maximum absolute atomic E-state index is 8.91. The van der Waals surface area contributed by atoms with Crippen molar-refractivity contribution in [2.45, 2.75) is 26.7 Å². The topological polar surface area (TPSA) is 32.3 Å². The molecule has 0 unspecified atom stereocenters. The quantitative estimate of drug-likeness (QED) is 0.675. The first-order valence-corrected chi connectivity index (χ1v) is 4.34. The standard InChI is InChI=1S/C10H15NO/c1-3-8-6-5-7-9(4-2)10(8)11-12/h5-7,11-12H,3-4H2,1-2H3. The summed E-state index contributed by atoms with van der Waals surface area (Å²) in [4.78, 5) is 0. The van der Waals surface area contributed by atoms with Crippen LogP contribution in [0, 0.1) is 0 Å². The molecule has 0 radical (unpaired) electrons. The van der Waals surface area contributed by atoms with E-state index in [-0.39, 0.29) is 0 Å². The van der Waals surface area contributed by atoms with Crippen molar-refractivity contribution in [1.29, 1.82) is 0 Å². The zero-order chi connectivity index (χ0) is 8.97. The van der Waals surface area contributed by atoms with Gasteiger partial charge in [-0.15, -0.1) is 0 Å². The third-order valence-electron chi connectivity index (χ3n) is 2.11. The average Bonchev–Trinajstić information content (AvgIpc) is 2.16. The van der Waals surface area contributed by atoms with Gasteiger partial charge in [-0.1, -0.05) is 32.0 Å². The van der Waals surface area contributed by atoms with Crippen molar-refractivity contribution in [3.05, 3.63) is 29.3 Å². The molecule has 0 atom stereocenters. The molecule has 0 heterocycles. The molecule has 12 heavy (non-hydrogen) atoms. The lowest BCUT2D eigenvalue weighted by Crippen LogP contribution is -1.99. The van der Waals surface area contributed by atoms with Crippen molar-refractivity contribution in [3.63, 3.8) is 0 Å². The molecule has 66 valence electrons. The van der Waals surface area contributed by atoms with Crippen molar-refractivity contribution in [3.8, 4) is 0 Å². The van der Waals surface area contributed by atoms with Crippen molar-refractivity contribution in [2.24, 2.45) is 0 Å². The number of anilines is 1. The zero-order valence-corrected chi connectivity index (χ0v) is 7.59. The van der Waals surface area contributed by atoms with E-state index in [1.165, 1.54) is 0 Å². The van der Waals surface area contributed by atoms with E-state index in [0.29, 0.717) is 0 Å². The average molecular weight is 165 g/mol. The highest BCUT2D eigenvalue weighted by molar-refractivity contribution is 5.56. The van der Waals surface area contributed by atoms with Crippen molar-refractivity contribution in [2.75, 3.05) is 5.48 Å². The van der Waals surface area contributed by atoms with Gasteiger partial charge in [0.05, 0.1) is 5.69 Å². The number of hydrogen-bond donors (Lipinski definition) is 2. The van der Waals surface area contributed by atoms with Gasteiger partial charge in [0.1, 0.15) is 0 Å². The molecule has 0 saturated carbocycles. The van der Waals surface area contributed by atoms with Gasteiger partial charge < -0.3 is 0 Å². The summed E-state index contributed by atoms with van der Waals surface area (Å²) in [6, 6.07) is 6.08. The van der Waals surface area contributed by atoms with Crippen LogP contribution in [0.4, 0.5) is 5.69 Å². The number of benzene rings is 1. The summed E-state index contributed by atoms with van der Waals surface area (Å²) in [5.41, 5.74) is 5.47. The second kappa shape index (κ2) is 4.12. The Kier molecular flexibility index (Phi) is 3.11. The molecular weight excluding hydrogens is 150 g/mol. The van der Waals surface area contributed by atoms with E-state index in [9.17, 15) is 0 Å². The van der Waals surface area contributed by atoms with Crippen molar-refractivity contribution in [1.82, 2.24) is 0 Å². The van der Waals surface area contributed by atoms with Crippen molar-refractivity contribution >= 4 is 5.69 Å². The molecule has 2 N–H and O–H groups in total. The third kappa shape index (κ3) is 1.59. The predicted molar refractivity (Wildman–Crippen MR) is 50.6 cm³/mol. The lowest BCUT2D eigenvalue weighted by atomic mass is 10.0. The van der Waals surface area contributed by atoms with Gasteiger partial charge in [-0.2, -0.15) is 0 Å². The van der Waals surface area contributed by atoms with Crippen molar-refractivity contribution < 1.29 is 5.21 Å².